The number of nitrogens with two attached hydrogens (primary N) is 1. The van der Waals surface area contributed by atoms with E-state index in [1.807, 2.05) is 0 Å². The van der Waals surface area contributed by atoms with Gasteiger partial charge in [0.25, 0.3) is 0 Å². The van der Waals surface area contributed by atoms with Crippen molar-refractivity contribution in [1.82, 2.24) is 4.90 Å². The Balaban J connectivity index is 2.36. The zero-order chi connectivity index (χ0) is 9.90. The van der Waals surface area contributed by atoms with Crippen molar-refractivity contribution in [2.24, 2.45) is 5.73 Å². The monoisotopic (exact) mass is 202 g/mol. The van der Waals surface area contributed by atoms with E-state index in [0.717, 1.165) is 6.54 Å². The Bertz CT molecular complexity index is 157. The largest absolute Gasteiger partial charge is 0.327 e. The summed E-state index contributed by atoms with van der Waals surface area (Å²) in [6, 6.07) is 0.311. The molecule has 1 rings (SSSR count). The molecule has 0 aliphatic carbocycles. The minimum Gasteiger partial charge on any atom is -0.327 e. The van der Waals surface area contributed by atoms with Gasteiger partial charge in [-0.25, -0.2) is 0 Å². The second kappa shape index (κ2) is 4.67. The van der Waals surface area contributed by atoms with Crippen molar-refractivity contribution >= 4 is 11.8 Å². The SMILES string of the molecule is CC(N)CN1CCSC(C)(C)CC1. The summed E-state index contributed by atoms with van der Waals surface area (Å²) in [5.74, 6) is 1.25. The molecule has 1 aliphatic rings. The van der Waals surface area contributed by atoms with Gasteiger partial charge in [-0.05, 0) is 19.9 Å². The molecular weight excluding hydrogens is 180 g/mol. The second-order valence-corrected chi connectivity index (χ2v) is 6.44. The molecule has 0 aromatic carbocycles. The standard InChI is InChI=1S/C10H22N2S/c1-9(11)8-12-5-4-10(2,3)13-7-6-12/h9H,4-8,11H2,1-3H3. The maximum Gasteiger partial charge on any atom is 0.0139 e. The Morgan fingerprint density at radius 2 is 2.15 bits per heavy atom. The van der Waals surface area contributed by atoms with Crippen molar-refractivity contribution in [3.05, 3.63) is 0 Å². The third-order valence-corrected chi connectivity index (χ3v) is 3.85. The van der Waals surface area contributed by atoms with Gasteiger partial charge in [-0.15, -0.1) is 0 Å². The third-order valence-electron chi connectivity index (χ3n) is 2.48. The van der Waals surface area contributed by atoms with Crippen molar-refractivity contribution < 1.29 is 0 Å². The van der Waals surface area contributed by atoms with E-state index in [1.165, 1.54) is 25.3 Å². The van der Waals surface area contributed by atoms with E-state index in [0.29, 0.717) is 10.8 Å². The molecule has 0 spiro atoms. The summed E-state index contributed by atoms with van der Waals surface area (Å²) in [5, 5.41) is 0. The first-order valence-electron chi connectivity index (χ1n) is 5.11. The summed E-state index contributed by atoms with van der Waals surface area (Å²) in [4.78, 5) is 2.49. The van der Waals surface area contributed by atoms with Crippen LogP contribution in [0.1, 0.15) is 27.2 Å². The van der Waals surface area contributed by atoms with Gasteiger partial charge in [-0.3, -0.25) is 0 Å². The van der Waals surface area contributed by atoms with Gasteiger partial charge in [0, 0.05) is 29.6 Å². The van der Waals surface area contributed by atoms with Crippen LogP contribution >= 0.6 is 11.8 Å². The summed E-state index contributed by atoms with van der Waals surface area (Å²) >= 11 is 2.09. The molecule has 13 heavy (non-hydrogen) atoms. The van der Waals surface area contributed by atoms with Gasteiger partial charge < -0.3 is 10.6 Å². The number of nitrogens with zero attached hydrogens (tertiary/aromatic N) is 1. The zero-order valence-corrected chi connectivity index (χ0v) is 9.86. The summed E-state index contributed by atoms with van der Waals surface area (Å²) in [6.45, 7) is 10.2. The van der Waals surface area contributed by atoms with Crippen LogP contribution in [0, 0.1) is 0 Å². The first-order chi connectivity index (χ1) is 5.99. The zero-order valence-electron chi connectivity index (χ0n) is 9.05. The highest BCUT2D eigenvalue weighted by atomic mass is 32.2. The summed E-state index contributed by atoms with van der Waals surface area (Å²) in [7, 11) is 0. The maximum atomic E-state index is 5.79. The predicted octanol–water partition coefficient (Wildman–Crippen LogP) is 1.55. The van der Waals surface area contributed by atoms with E-state index in [1.54, 1.807) is 0 Å². The average molecular weight is 202 g/mol. The molecule has 2 nitrogen and oxygen atoms in total. The highest BCUT2D eigenvalue weighted by Crippen LogP contribution is 2.30. The lowest BCUT2D eigenvalue weighted by Gasteiger charge is -2.23. The summed E-state index contributed by atoms with van der Waals surface area (Å²) < 4.78 is 0.465. The minimum atomic E-state index is 0.311. The molecule has 1 heterocycles. The van der Waals surface area contributed by atoms with Crippen LogP contribution < -0.4 is 5.73 Å². The first-order valence-corrected chi connectivity index (χ1v) is 6.10. The molecule has 78 valence electrons. The molecule has 0 aromatic heterocycles. The van der Waals surface area contributed by atoms with Crippen LogP contribution in [0.2, 0.25) is 0 Å². The van der Waals surface area contributed by atoms with Gasteiger partial charge in [0.05, 0.1) is 0 Å². The molecule has 1 atom stereocenters. The van der Waals surface area contributed by atoms with E-state index in [4.69, 9.17) is 5.73 Å². The smallest absolute Gasteiger partial charge is 0.0139 e. The van der Waals surface area contributed by atoms with Crippen LogP contribution in [0.4, 0.5) is 0 Å². The molecule has 3 heteroatoms. The van der Waals surface area contributed by atoms with Crippen molar-refractivity contribution in [3.63, 3.8) is 0 Å². The van der Waals surface area contributed by atoms with E-state index >= 15 is 0 Å². The Hall–Kier alpha value is 0.270. The van der Waals surface area contributed by atoms with Crippen LogP contribution in [0.5, 0.6) is 0 Å². The molecule has 0 radical (unpaired) electrons. The van der Waals surface area contributed by atoms with E-state index in [-0.39, 0.29) is 0 Å². The van der Waals surface area contributed by atoms with Gasteiger partial charge in [0.15, 0.2) is 0 Å². The minimum absolute atomic E-state index is 0.311. The van der Waals surface area contributed by atoms with Crippen LogP contribution in [0.3, 0.4) is 0 Å². The van der Waals surface area contributed by atoms with Crippen LogP contribution in [-0.4, -0.2) is 41.1 Å². The Kier molecular flexibility index (Phi) is 4.07. The Morgan fingerprint density at radius 3 is 2.77 bits per heavy atom. The molecule has 1 fully saturated rings. The first kappa shape index (κ1) is 11.3. The third kappa shape index (κ3) is 4.34. The van der Waals surface area contributed by atoms with Crippen LogP contribution in [-0.2, 0) is 0 Å². The van der Waals surface area contributed by atoms with Gasteiger partial charge in [0.1, 0.15) is 0 Å². The topological polar surface area (TPSA) is 29.3 Å². The Labute approximate surface area is 86.2 Å². The quantitative estimate of drug-likeness (QED) is 0.737. The van der Waals surface area contributed by atoms with Crippen molar-refractivity contribution in [3.8, 4) is 0 Å². The fourth-order valence-corrected chi connectivity index (χ4v) is 2.79. The summed E-state index contributed by atoms with van der Waals surface area (Å²) in [5.41, 5.74) is 5.79. The number of thioether (sulfide) groups is 1. The normalized spacial score (nSPS) is 26.8. The fourth-order valence-electron chi connectivity index (χ4n) is 1.65. The molecule has 0 bridgehead atoms. The molecule has 1 saturated heterocycles. The molecule has 1 aliphatic heterocycles. The van der Waals surface area contributed by atoms with Crippen molar-refractivity contribution in [2.45, 2.75) is 38.0 Å². The number of hydrogen-bond donors (Lipinski definition) is 1. The lowest BCUT2D eigenvalue weighted by molar-refractivity contribution is 0.271. The maximum absolute atomic E-state index is 5.79. The average Bonchev–Trinajstić information content (AvgIpc) is 2.12. The van der Waals surface area contributed by atoms with Gasteiger partial charge >= 0.3 is 0 Å². The summed E-state index contributed by atoms with van der Waals surface area (Å²) in [6.07, 6.45) is 1.28. The molecule has 0 saturated carbocycles. The van der Waals surface area contributed by atoms with Gasteiger partial charge in [-0.2, -0.15) is 11.8 Å². The molecular formula is C10H22N2S. The second-order valence-electron chi connectivity index (χ2n) is 4.64. The molecule has 2 N–H and O–H groups in total. The molecule has 1 unspecified atom stereocenters. The van der Waals surface area contributed by atoms with Crippen LogP contribution in [0.15, 0.2) is 0 Å². The highest BCUT2D eigenvalue weighted by molar-refractivity contribution is 8.00. The lowest BCUT2D eigenvalue weighted by atomic mass is 10.1. The number of rotatable bonds is 2. The highest BCUT2D eigenvalue weighted by Gasteiger charge is 2.23. The predicted molar refractivity (Wildman–Crippen MR) is 61.2 cm³/mol. The van der Waals surface area contributed by atoms with Crippen molar-refractivity contribution in [2.75, 3.05) is 25.4 Å². The van der Waals surface area contributed by atoms with Gasteiger partial charge in [-0.1, -0.05) is 13.8 Å². The Morgan fingerprint density at radius 1 is 1.46 bits per heavy atom. The van der Waals surface area contributed by atoms with E-state index < -0.39 is 0 Å². The van der Waals surface area contributed by atoms with Crippen molar-refractivity contribution in [1.29, 1.82) is 0 Å². The van der Waals surface area contributed by atoms with Crippen LogP contribution in [0.25, 0.3) is 0 Å². The van der Waals surface area contributed by atoms with E-state index in [9.17, 15) is 0 Å². The molecule has 0 amide bonds. The van der Waals surface area contributed by atoms with E-state index in [2.05, 4.69) is 37.4 Å². The number of hydrogen-bond acceptors (Lipinski definition) is 3. The fraction of sp³-hybridized carbons (Fsp3) is 1.00. The molecule has 0 aromatic rings. The van der Waals surface area contributed by atoms with Gasteiger partial charge in [0.2, 0.25) is 0 Å². The lowest BCUT2D eigenvalue weighted by Crippen LogP contribution is -2.37.